The van der Waals surface area contributed by atoms with Crippen molar-refractivity contribution in [1.29, 1.82) is 0 Å². The molecule has 0 radical (unpaired) electrons. The fraction of sp³-hybridized carbons (Fsp3) is 0.500. The van der Waals surface area contributed by atoms with E-state index in [1.54, 1.807) is 13.4 Å². The monoisotopic (exact) mass is 473 g/mol. The number of nitrogens with one attached hydrogen (secondary N) is 2. The van der Waals surface area contributed by atoms with E-state index < -0.39 is 0 Å². The van der Waals surface area contributed by atoms with Crippen LogP contribution in [0, 0.1) is 0 Å². The van der Waals surface area contributed by atoms with Gasteiger partial charge in [-0.1, -0.05) is 11.6 Å². The molecule has 8 nitrogen and oxygen atoms in total. The van der Waals surface area contributed by atoms with E-state index in [4.69, 9.17) is 30.5 Å². The molecule has 1 aliphatic heterocycles. The summed E-state index contributed by atoms with van der Waals surface area (Å²) in [5.74, 6) is 1.26. The lowest BCUT2D eigenvalue weighted by Crippen LogP contribution is -2.58. The molecule has 3 aromatic rings. The smallest absolute Gasteiger partial charge is 0.295 e. The molecule has 1 saturated heterocycles. The van der Waals surface area contributed by atoms with Gasteiger partial charge in [0.25, 0.3) is 6.01 Å². The number of piperazine rings is 1. The van der Waals surface area contributed by atoms with Gasteiger partial charge in [-0.15, -0.1) is 0 Å². The summed E-state index contributed by atoms with van der Waals surface area (Å²) < 4.78 is 17.2. The SMILES string of the molecule is COc1cc(-c2coc(NC(C)C)n2)nc2c(Cl)c(OCCN3CCNCC3(C)C)ccc12. The van der Waals surface area contributed by atoms with E-state index in [0.717, 1.165) is 31.6 Å². The molecule has 0 aliphatic carbocycles. The molecule has 0 bridgehead atoms. The molecule has 0 amide bonds. The number of fused-ring (bicyclic) bond motifs is 1. The highest BCUT2D eigenvalue weighted by atomic mass is 35.5. The van der Waals surface area contributed by atoms with E-state index in [0.29, 0.717) is 46.0 Å². The second-order valence-corrected chi connectivity index (χ2v) is 9.52. The lowest BCUT2D eigenvalue weighted by Gasteiger charge is -2.42. The number of nitrogens with zero attached hydrogens (tertiary/aromatic N) is 3. The lowest BCUT2D eigenvalue weighted by molar-refractivity contribution is 0.0744. The molecule has 33 heavy (non-hydrogen) atoms. The highest BCUT2D eigenvalue weighted by Gasteiger charge is 2.29. The number of pyridine rings is 1. The highest BCUT2D eigenvalue weighted by molar-refractivity contribution is 6.36. The summed E-state index contributed by atoms with van der Waals surface area (Å²) >= 11 is 6.76. The summed E-state index contributed by atoms with van der Waals surface area (Å²) in [5, 5.41) is 7.86. The fourth-order valence-corrected chi connectivity index (χ4v) is 4.29. The molecule has 0 spiro atoms. The first kappa shape index (κ1) is 23.6. The number of rotatable bonds is 8. The van der Waals surface area contributed by atoms with Gasteiger partial charge in [-0.25, -0.2) is 4.98 Å². The van der Waals surface area contributed by atoms with E-state index in [1.165, 1.54) is 0 Å². The number of halogens is 1. The van der Waals surface area contributed by atoms with Crippen LogP contribution < -0.4 is 20.1 Å². The van der Waals surface area contributed by atoms with Gasteiger partial charge in [-0.3, -0.25) is 4.90 Å². The number of oxazole rings is 1. The third kappa shape index (κ3) is 5.18. The van der Waals surface area contributed by atoms with Crippen molar-refractivity contribution in [2.24, 2.45) is 0 Å². The van der Waals surface area contributed by atoms with Crippen LogP contribution in [-0.2, 0) is 0 Å². The standard InChI is InChI=1S/C24H32ClN5O3/c1-15(2)27-23-29-18(13-33-23)17-12-20(31-5)16-6-7-19(21(25)22(16)28-17)32-11-10-30-9-8-26-14-24(30,3)4/h6-7,12-13,15,26H,8-11,14H2,1-5H3,(H,27,29). The van der Waals surface area contributed by atoms with Gasteiger partial charge in [0, 0.05) is 49.2 Å². The molecule has 3 heterocycles. The van der Waals surface area contributed by atoms with Crippen molar-refractivity contribution in [3.05, 3.63) is 29.5 Å². The van der Waals surface area contributed by atoms with Crippen LogP contribution in [-0.4, -0.2) is 66.3 Å². The maximum Gasteiger partial charge on any atom is 0.295 e. The van der Waals surface area contributed by atoms with Crippen molar-refractivity contribution in [2.45, 2.75) is 39.3 Å². The first-order valence-electron chi connectivity index (χ1n) is 11.3. The predicted octanol–water partition coefficient (Wildman–Crippen LogP) is 4.43. The molecule has 2 aromatic heterocycles. The van der Waals surface area contributed by atoms with E-state index in [2.05, 4.69) is 34.4 Å². The van der Waals surface area contributed by atoms with Gasteiger partial charge in [0.1, 0.15) is 35.1 Å². The van der Waals surface area contributed by atoms with Gasteiger partial charge < -0.3 is 24.5 Å². The Balaban J connectivity index is 1.58. The summed E-state index contributed by atoms with van der Waals surface area (Å²) in [5.41, 5.74) is 1.91. The van der Waals surface area contributed by atoms with Gasteiger partial charge >= 0.3 is 0 Å². The van der Waals surface area contributed by atoms with Gasteiger partial charge in [0.15, 0.2) is 0 Å². The molecular formula is C24H32ClN5O3. The van der Waals surface area contributed by atoms with Crippen LogP contribution in [0.1, 0.15) is 27.7 Å². The number of aromatic nitrogens is 2. The highest BCUT2D eigenvalue weighted by Crippen LogP contribution is 2.38. The molecule has 0 unspecified atom stereocenters. The average Bonchev–Trinajstić information content (AvgIpc) is 3.23. The summed E-state index contributed by atoms with van der Waals surface area (Å²) in [6, 6.07) is 6.28. The van der Waals surface area contributed by atoms with E-state index in [9.17, 15) is 0 Å². The van der Waals surface area contributed by atoms with Crippen molar-refractivity contribution >= 4 is 28.5 Å². The maximum atomic E-state index is 6.76. The van der Waals surface area contributed by atoms with Crippen LogP contribution in [0.15, 0.2) is 28.9 Å². The second-order valence-electron chi connectivity index (χ2n) is 9.15. The van der Waals surface area contributed by atoms with E-state index >= 15 is 0 Å². The van der Waals surface area contributed by atoms with Crippen molar-refractivity contribution in [2.75, 3.05) is 45.2 Å². The Morgan fingerprint density at radius 2 is 2.06 bits per heavy atom. The Kier molecular flexibility index (Phi) is 6.97. The van der Waals surface area contributed by atoms with Crippen LogP contribution in [0.3, 0.4) is 0 Å². The molecule has 9 heteroatoms. The van der Waals surface area contributed by atoms with Crippen molar-refractivity contribution in [1.82, 2.24) is 20.2 Å². The number of ether oxygens (including phenoxy) is 2. The summed E-state index contributed by atoms with van der Waals surface area (Å²) in [6.45, 7) is 12.8. The molecule has 1 aromatic carbocycles. The Bertz CT molecular complexity index is 1110. The predicted molar refractivity (Wildman–Crippen MR) is 132 cm³/mol. The van der Waals surface area contributed by atoms with E-state index in [1.807, 2.05) is 32.0 Å². The summed E-state index contributed by atoms with van der Waals surface area (Å²) in [6.07, 6.45) is 1.57. The minimum atomic E-state index is 0.0967. The number of hydrogen-bond donors (Lipinski definition) is 2. The van der Waals surface area contributed by atoms with Gasteiger partial charge in [-0.2, -0.15) is 4.98 Å². The van der Waals surface area contributed by atoms with Gasteiger partial charge in [0.2, 0.25) is 0 Å². The number of benzene rings is 1. The quantitative estimate of drug-likeness (QED) is 0.497. The molecule has 0 atom stereocenters. The topological polar surface area (TPSA) is 84.7 Å². The summed E-state index contributed by atoms with van der Waals surface area (Å²) in [4.78, 5) is 11.7. The molecule has 2 N–H and O–H groups in total. The van der Waals surface area contributed by atoms with Gasteiger partial charge in [0.05, 0.1) is 18.3 Å². The number of methoxy groups -OCH3 is 1. The van der Waals surface area contributed by atoms with Crippen LogP contribution >= 0.6 is 11.6 Å². The fourth-order valence-electron chi connectivity index (χ4n) is 4.03. The number of hydrogen-bond acceptors (Lipinski definition) is 8. The Morgan fingerprint density at radius 1 is 1.24 bits per heavy atom. The van der Waals surface area contributed by atoms with Crippen LogP contribution in [0.5, 0.6) is 11.5 Å². The van der Waals surface area contributed by atoms with Crippen LogP contribution in [0.2, 0.25) is 5.02 Å². The Morgan fingerprint density at radius 3 is 2.79 bits per heavy atom. The Labute approximate surface area is 199 Å². The average molecular weight is 474 g/mol. The summed E-state index contributed by atoms with van der Waals surface area (Å²) in [7, 11) is 1.63. The normalized spacial score (nSPS) is 16.3. The lowest BCUT2D eigenvalue weighted by atomic mass is 10.0. The molecule has 1 aliphatic rings. The molecule has 1 fully saturated rings. The maximum absolute atomic E-state index is 6.76. The van der Waals surface area contributed by atoms with Crippen LogP contribution in [0.25, 0.3) is 22.3 Å². The first-order chi connectivity index (χ1) is 15.8. The van der Waals surface area contributed by atoms with Crippen molar-refractivity contribution in [3.63, 3.8) is 0 Å². The number of anilines is 1. The zero-order valence-corrected chi connectivity index (χ0v) is 20.6. The largest absolute Gasteiger partial charge is 0.496 e. The third-order valence-corrected chi connectivity index (χ3v) is 6.20. The van der Waals surface area contributed by atoms with Crippen molar-refractivity contribution < 1.29 is 13.9 Å². The minimum Gasteiger partial charge on any atom is -0.496 e. The van der Waals surface area contributed by atoms with Crippen molar-refractivity contribution in [3.8, 4) is 22.9 Å². The molecule has 4 rings (SSSR count). The Hall–Kier alpha value is -2.55. The first-order valence-corrected chi connectivity index (χ1v) is 11.6. The zero-order chi connectivity index (χ0) is 23.6. The van der Waals surface area contributed by atoms with Crippen LogP contribution in [0.4, 0.5) is 6.01 Å². The molecule has 178 valence electrons. The van der Waals surface area contributed by atoms with E-state index in [-0.39, 0.29) is 11.6 Å². The molecular weight excluding hydrogens is 442 g/mol. The third-order valence-electron chi connectivity index (χ3n) is 5.84. The minimum absolute atomic E-state index is 0.0967. The van der Waals surface area contributed by atoms with Gasteiger partial charge in [-0.05, 0) is 39.8 Å². The molecule has 0 saturated carbocycles. The second kappa shape index (κ2) is 9.75. The zero-order valence-electron chi connectivity index (χ0n) is 19.9.